The van der Waals surface area contributed by atoms with E-state index < -0.39 is 35.6 Å². The molecule has 1 unspecified atom stereocenters. The third kappa shape index (κ3) is 3.30. The summed E-state index contributed by atoms with van der Waals surface area (Å²) in [6.45, 7) is -0.365. The number of amides is 1. The lowest BCUT2D eigenvalue weighted by Gasteiger charge is -2.37. The van der Waals surface area contributed by atoms with Crippen molar-refractivity contribution in [3.8, 4) is 0 Å². The quantitative estimate of drug-likeness (QED) is 0.822. The second-order valence-corrected chi connectivity index (χ2v) is 4.93. The van der Waals surface area contributed by atoms with E-state index in [0.29, 0.717) is 6.07 Å². The van der Waals surface area contributed by atoms with Crippen molar-refractivity contribution in [3.05, 3.63) is 35.1 Å². The zero-order valence-electron chi connectivity index (χ0n) is 11.3. The number of carboxylic acids is 1. The molecule has 1 aromatic rings. The number of hydrogen-bond acceptors (Lipinski definition) is 3. The largest absolute Gasteiger partial charge is 0.480 e. The number of hydrogen-bond donors (Lipinski definition) is 2. The molecule has 1 amide bonds. The van der Waals surface area contributed by atoms with Crippen LogP contribution in [0.15, 0.2) is 12.1 Å². The van der Waals surface area contributed by atoms with Crippen molar-refractivity contribution in [2.75, 3.05) is 19.6 Å². The number of rotatable bonds is 3. The zero-order valence-corrected chi connectivity index (χ0v) is 11.3. The van der Waals surface area contributed by atoms with E-state index in [1.54, 1.807) is 0 Å². The van der Waals surface area contributed by atoms with Crippen molar-refractivity contribution in [1.29, 1.82) is 0 Å². The Kier molecular flexibility index (Phi) is 4.55. The minimum Gasteiger partial charge on any atom is -0.480 e. The number of carboxylic acid groups (broad SMARTS) is 2. The summed E-state index contributed by atoms with van der Waals surface area (Å²) in [5.41, 5.74) is -0.245. The van der Waals surface area contributed by atoms with E-state index in [-0.39, 0.29) is 31.7 Å². The van der Waals surface area contributed by atoms with Gasteiger partial charge in [-0.05, 0) is 6.07 Å². The maximum absolute atomic E-state index is 13.6. The van der Waals surface area contributed by atoms with Gasteiger partial charge in [0, 0.05) is 37.8 Å². The number of aliphatic carboxylic acids is 1. The van der Waals surface area contributed by atoms with Gasteiger partial charge in [0.1, 0.15) is 11.9 Å². The molecule has 0 spiro atoms. The monoisotopic (exact) mass is 318 g/mol. The zero-order chi connectivity index (χ0) is 16.4. The Bertz CT molecular complexity index is 611. The summed E-state index contributed by atoms with van der Waals surface area (Å²) < 4.78 is 39.9. The van der Waals surface area contributed by atoms with Crippen LogP contribution in [0.1, 0.15) is 5.56 Å². The molecular weight excluding hydrogens is 305 g/mol. The lowest BCUT2D eigenvalue weighted by atomic mass is 10.1. The second kappa shape index (κ2) is 6.22. The SMILES string of the molecule is O=C(O)C1CN(Cc2cc(F)cc(F)c2F)CCN1C(=O)O. The van der Waals surface area contributed by atoms with Gasteiger partial charge in [0.25, 0.3) is 0 Å². The minimum atomic E-state index is -1.37. The predicted molar refractivity (Wildman–Crippen MR) is 67.7 cm³/mol. The maximum Gasteiger partial charge on any atom is 0.408 e. The Hall–Kier alpha value is -2.29. The molecule has 120 valence electrons. The maximum atomic E-state index is 13.6. The molecule has 1 heterocycles. The van der Waals surface area contributed by atoms with Gasteiger partial charge in [-0.2, -0.15) is 0 Å². The number of carbonyl (C=O) groups is 2. The first-order valence-electron chi connectivity index (χ1n) is 6.37. The molecule has 0 bridgehead atoms. The molecule has 1 atom stereocenters. The first kappa shape index (κ1) is 16.1. The standard InChI is InChI=1S/C13H13F3N2O4/c14-8-3-7(11(16)9(15)4-8)5-17-1-2-18(13(21)22)10(6-17)12(19)20/h3-4,10H,1-2,5-6H2,(H,19,20)(H,21,22). The molecular formula is C13H13F3N2O4. The molecule has 0 saturated carbocycles. The molecule has 0 aliphatic carbocycles. The molecule has 2 rings (SSSR count). The molecule has 6 nitrogen and oxygen atoms in total. The average Bonchev–Trinajstić information content (AvgIpc) is 2.43. The van der Waals surface area contributed by atoms with E-state index in [1.165, 1.54) is 4.90 Å². The molecule has 22 heavy (non-hydrogen) atoms. The molecule has 0 aromatic heterocycles. The van der Waals surface area contributed by atoms with E-state index in [4.69, 9.17) is 10.2 Å². The van der Waals surface area contributed by atoms with Crippen LogP contribution < -0.4 is 0 Å². The van der Waals surface area contributed by atoms with Crippen LogP contribution in [-0.4, -0.2) is 57.8 Å². The van der Waals surface area contributed by atoms with Gasteiger partial charge in [0.05, 0.1) is 0 Å². The van der Waals surface area contributed by atoms with Crippen LogP contribution in [0.2, 0.25) is 0 Å². The van der Waals surface area contributed by atoms with Crippen molar-refractivity contribution in [2.45, 2.75) is 12.6 Å². The van der Waals surface area contributed by atoms with Crippen molar-refractivity contribution in [2.24, 2.45) is 0 Å². The van der Waals surface area contributed by atoms with Gasteiger partial charge in [-0.3, -0.25) is 9.80 Å². The molecule has 1 fully saturated rings. The highest BCUT2D eigenvalue weighted by Crippen LogP contribution is 2.19. The van der Waals surface area contributed by atoms with Crippen LogP contribution in [0.3, 0.4) is 0 Å². The van der Waals surface area contributed by atoms with E-state index in [2.05, 4.69) is 0 Å². The lowest BCUT2D eigenvalue weighted by Crippen LogP contribution is -2.57. The third-order valence-corrected chi connectivity index (χ3v) is 3.46. The average molecular weight is 318 g/mol. The number of halogens is 3. The van der Waals surface area contributed by atoms with E-state index in [1.807, 2.05) is 0 Å². The summed E-state index contributed by atoms with van der Waals surface area (Å²) in [5, 5.41) is 18.0. The van der Waals surface area contributed by atoms with Gasteiger partial charge >= 0.3 is 12.1 Å². The fraction of sp³-hybridized carbons (Fsp3) is 0.385. The second-order valence-electron chi connectivity index (χ2n) is 4.93. The topological polar surface area (TPSA) is 81.1 Å². The van der Waals surface area contributed by atoms with Crippen molar-refractivity contribution >= 4 is 12.1 Å². The number of piperazine rings is 1. The van der Waals surface area contributed by atoms with Crippen LogP contribution >= 0.6 is 0 Å². The third-order valence-electron chi connectivity index (χ3n) is 3.46. The molecule has 2 N–H and O–H groups in total. The fourth-order valence-electron chi connectivity index (χ4n) is 2.39. The summed E-state index contributed by atoms with van der Waals surface area (Å²) in [4.78, 5) is 24.3. The van der Waals surface area contributed by atoms with E-state index >= 15 is 0 Å². The fourth-order valence-corrected chi connectivity index (χ4v) is 2.39. The van der Waals surface area contributed by atoms with Gasteiger partial charge in [-0.25, -0.2) is 22.8 Å². The van der Waals surface area contributed by atoms with Crippen LogP contribution in [0.4, 0.5) is 18.0 Å². The normalized spacial score (nSPS) is 19.2. The summed E-state index contributed by atoms with van der Waals surface area (Å²) in [6.07, 6.45) is -1.37. The van der Waals surface area contributed by atoms with Crippen molar-refractivity contribution in [3.63, 3.8) is 0 Å². The van der Waals surface area contributed by atoms with E-state index in [0.717, 1.165) is 11.0 Å². The summed E-state index contributed by atoms with van der Waals surface area (Å²) in [7, 11) is 0. The van der Waals surface area contributed by atoms with Gasteiger partial charge < -0.3 is 10.2 Å². The van der Waals surface area contributed by atoms with Gasteiger partial charge in [-0.15, -0.1) is 0 Å². The van der Waals surface area contributed by atoms with Gasteiger partial charge in [0.15, 0.2) is 11.6 Å². The summed E-state index contributed by atoms with van der Waals surface area (Å²) in [6, 6.07) is -0.0633. The smallest absolute Gasteiger partial charge is 0.408 e. The van der Waals surface area contributed by atoms with Crippen LogP contribution in [0.25, 0.3) is 0 Å². The van der Waals surface area contributed by atoms with Crippen LogP contribution in [0.5, 0.6) is 0 Å². The Morgan fingerprint density at radius 2 is 1.86 bits per heavy atom. The highest BCUT2D eigenvalue weighted by molar-refractivity contribution is 5.79. The molecule has 1 aromatic carbocycles. The Balaban J connectivity index is 2.15. The first-order valence-corrected chi connectivity index (χ1v) is 6.37. The number of benzene rings is 1. The predicted octanol–water partition coefficient (Wildman–Crippen LogP) is 1.35. The highest BCUT2D eigenvalue weighted by atomic mass is 19.2. The molecule has 9 heteroatoms. The Morgan fingerprint density at radius 3 is 2.45 bits per heavy atom. The first-order chi connectivity index (χ1) is 10.3. The Labute approximate surface area is 123 Å². The van der Waals surface area contributed by atoms with Crippen LogP contribution in [0, 0.1) is 17.5 Å². The highest BCUT2D eigenvalue weighted by Gasteiger charge is 2.35. The number of nitrogens with zero attached hydrogens (tertiary/aromatic N) is 2. The molecule has 1 aliphatic heterocycles. The Morgan fingerprint density at radius 1 is 1.18 bits per heavy atom. The summed E-state index contributed by atoms with van der Waals surface area (Å²) >= 11 is 0. The van der Waals surface area contributed by atoms with Gasteiger partial charge in [0.2, 0.25) is 0 Å². The van der Waals surface area contributed by atoms with Crippen molar-refractivity contribution < 1.29 is 33.0 Å². The molecule has 0 radical (unpaired) electrons. The molecule has 1 aliphatic rings. The van der Waals surface area contributed by atoms with Crippen molar-refractivity contribution in [1.82, 2.24) is 9.80 Å². The molecule has 1 saturated heterocycles. The lowest BCUT2D eigenvalue weighted by molar-refractivity contribution is -0.145. The van der Waals surface area contributed by atoms with Gasteiger partial charge in [-0.1, -0.05) is 0 Å². The van der Waals surface area contributed by atoms with E-state index in [9.17, 15) is 22.8 Å². The summed E-state index contributed by atoms with van der Waals surface area (Å²) in [5.74, 6) is -4.80. The minimum absolute atomic E-state index is 0.0916. The van der Waals surface area contributed by atoms with Crippen LogP contribution in [-0.2, 0) is 11.3 Å².